The fourth-order valence-corrected chi connectivity index (χ4v) is 1.39. The van der Waals surface area contributed by atoms with Gasteiger partial charge in [-0.15, -0.1) is 29.9 Å². The van der Waals surface area contributed by atoms with Crippen molar-refractivity contribution in [1.29, 1.82) is 0 Å². The van der Waals surface area contributed by atoms with Crippen LogP contribution in [0, 0.1) is 0 Å². The van der Waals surface area contributed by atoms with Crippen molar-refractivity contribution >= 4 is 46.7 Å². The first-order valence-electron chi connectivity index (χ1n) is 3.77. The first kappa shape index (κ1) is 14.0. The molecule has 0 aromatic carbocycles. The molecule has 1 aromatic rings. The van der Waals surface area contributed by atoms with E-state index in [1.54, 1.807) is 0 Å². The standard InChI is InChI=1S/C6H9BrN4O.2ClH/c7-5-8-6(10-9-5)11-1-3-12-4-2-11;;/h1-4H2,(H,8,9,10);2*1H. The lowest BCUT2D eigenvalue weighted by molar-refractivity contribution is 0.122. The summed E-state index contributed by atoms with van der Waals surface area (Å²) in [5, 5.41) is 6.77. The summed E-state index contributed by atoms with van der Waals surface area (Å²) < 4.78 is 5.88. The Morgan fingerprint density at radius 1 is 1.29 bits per heavy atom. The van der Waals surface area contributed by atoms with Crippen LogP contribution in [0.4, 0.5) is 5.95 Å². The van der Waals surface area contributed by atoms with Crippen LogP contribution in [0.2, 0.25) is 0 Å². The van der Waals surface area contributed by atoms with E-state index in [1.165, 1.54) is 0 Å². The monoisotopic (exact) mass is 304 g/mol. The van der Waals surface area contributed by atoms with Gasteiger partial charge >= 0.3 is 0 Å². The average Bonchev–Trinajstić information content (AvgIpc) is 2.54. The number of H-pyrrole nitrogens is 1. The van der Waals surface area contributed by atoms with Gasteiger partial charge in [0.25, 0.3) is 0 Å². The second kappa shape index (κ2) is 6.44. The summed E-state index contributed by atoms with van der Waals surface area (Å²) >= 11 is 3.21. The summed E-state index contributed by atoms with van der Waals surface area (Å²) in [6.07, 6.45) is 0. The molecule has 2 rings (SSSR count). The molecule has 1 saturated heterocycles. The van der Waals surface area contributed by atoms with Crippen molar-refractivity contribution in [3.05, 3.63) is 4.73 Å². The number of nitrogens with one attached hydrogen (secondary N) is 1. The molecule has 82 valence electrons. The fourth-order valence-electron chi connectivity index (χ4n) is 1.14. The highest BCUT2D eigenvalue weighted by Gasteiger charge is 2.14. The van der Waals surface area contributed by atoms with Gasteiger partial charge in [-0.3, -0.25) is 5.10 Å². The van der Waals surface area contributed by atoms with Gasteiger partial charge in [-0.2, -0.15) is 4.98 Å². The number of rotatable bonds is 1. The van der Waals surface area contributed by atoms with E-state index in [9.17, 15) is 0 Å². The molecular formula is C6H11BrCl2N4O. The number of aromatic nitrogens is 3. The largest absolute Gasteiger partial charge is 0.378 e. The summed E-state index contributed by atoms with van der Waals surface area (Å²) in [4.78, 5) is 6.24. The maximum absolute atomic E-state index is 5.21. The zero-order valence-corrected chi connectivity index (χ0v) is 10.5. The summed E-state index contributed by atoms with van der Waals surface area (Å²) in [5.41, 5.74) is 0. The van der Waals surface area contributed by atoms with Gasteiger partial charge in [-0.1, -0.05) is 0 Å². The smallest absolute Gasteiger partial charge is 0.245 e. The molecule has 1 N–H and O–H groups in total. The normalized spacial score (nSPS) is 15.6. The van der Waals surface area contributed by atoms with Gasteiger partial charge in [-0.05, 0) is 15.9 Å². The van der Waals surface area contributed by atoms with Gasteiger partial charge < -0.3 is 9.64 Å². The first-order chi connectivity index (χ1) is 5.86. The molecule has 0 radical (unpaired) electrons. The molecule has 1 aliphatic rings. The Labute approximate surface area is 103 Å². The number of halogens is 3. The molecule has 1 aliphatic heterocycles. The molecule has 1 fully saturated rings. The number of hydrogen-bond acceptors (Lipinski definition) is 4. The third kappa shape index (κ3) is 3.27. The van der Waals surface area contributed by atoms with Gasteiger partial charge in [-0.25, -0.2) is 0 Å². The Morgan fingerprint density at radius 3 is 2.43 bits per heavy atom. The molecule has 14 heavy (non-hydrogen) atoms. The Morgan fingerprint density at radius 2 is 1.93 bits per heavy atom. The minimum Gasteiger partial charge on any atom is -0.378 e. The van der Waals surface area contributed by atoms with Crippen LogP contribution in [-0.2, 0) is 4.74 Å². The number of aromatic amines is 1. The van der Waals surface area contributed by atoms with Crippen LogP contribution in [0.15, 0.2) is 4.73 Å². The van der Waals surface area contributed by atoms with Crippen LogP contribution in [0.25, 0.3) is 0 Å². The molecule has 0 unspecified atom stereocenters. The molecular weight excluding hydrogens is 295 g/mol. The van der Waals surface area contributed by atoms with E-state index >= 15 is 0 Å². The highest BCUT2D eigenvalue weighted by Crippen LogP contribution is 2.11. The Bertz CT molecular complexity index is 266. The van der Waals surface area contributed by atoms with E-state index in [0.717, 1.165) is 32.3 Å². The van der Waals surface area contributed by atoms with Crippen molar-refractivity contribution in [3.8, 4) is 0 Å². The minimum atomic E-state index is 0. The molecule has 5 nitrogen and oxygen atoms in total. The van der Waals surface area contributed by atoms with E-state index in [1.807, 2.05) is 0 Å². The minimum absolute atomic E-state index is 0. The Hall–Kier alpha value is -0.0400. The lowest BCUT2D eigenvalue weighted by Crippen LogP contribution is -2.36. The SMILES string of the molecule is Brc1nc(N2CCOCC2)n[nH]1.Cl.Cl. The van der Waals surface area contributed by atoms with Crippen LogP contribution in [0.5, 0.6) is 0 Å². The van der Waals surface area contributed by atoms with Crippen molar-refractivity contribution in [2.45, 2.75) is 0 Å². The zero-order valence-electron chi connectivity index (χ0n) is 7.27. The highest BCUT2D eigenvalue weighted by atomic mass is 79.9. The average molecular weight is 306 g/mol. The number of hydrogen-bond donors (Lipinski definition) is 1. The van der Waals surface area contributed by atoms with Crippen molar-refractivity contribution in [3.63, 3.8) is 0 Å². The van der Waals surface area contributed by atoms with E-state index in [-0.39, 0.29) is 24.8 Å². The van der Waals surface area contributed by atoms with E-state index in [0.29, 0.717) is 4.73 Å². The summed E-state index contributed by atoms with van der Waals surface area (Å²) in [5.74, 6) is 0.741. The van der Waals surface area contributed by atoms with Crippen LogP contribution in [0.1, 0.15) is 0 Å². The van der Waals surface area contributed by atoms with Gasteiger partial charge in [0.05, 0.1) is 13.2 Å². The lowest BCUT2D eigenvalue weighted by atomic mass is 10.4. The first-order valence-corrected chi connectivity index (χ1v) is 4.56. The van der Waals surface area contributed by atoms with Crippen molar-refractivity contribution in [2.24, 2.45) is 0 Å². The Balaban J connectivity index is 0.000000845. The summed E-state index contributed by atoms with van der Waals surface area (Å²) in [6, 6.07) is 0. The number of nitrogens with zero attached hydrogens (tertiary/aromatic N) is 3. The van der Waals surface area contributed by atoms with Crippen LogP contribution < -0.4 is 4.90 Å². The fraction of sp³-hybridized carbons (Fsp3) is 0.667. The maximum atomic E-state index is 5.21. The molecule has 0 atom stereocenters. The summed E-state index contributed by atoms with van der Waals surface area (Å²) in [7, 11) is 0. The molecule has 0 saturated carbocycles. The van der Waals surface area contributed by atoms with E-state index in [2.05, 4.69) is 36.0 Å². The van der Waals surface area contributed by atoms with Crippen LogP contribution >= 0.6 is 40.7 Å². The van der Waals surface area contributed by atoms with E-state index in [4.69, 9.17) is 4.74 Å². The molecule has 0 amide bonds. The molecule has 1 aromatic heterocycles. The predicted octanol–water partition coefficient (Wildman–Crippen LogP) is 1.25. The maximum Gasteiger partial charge on any atom is 0.245 e. The molecule has 2 heterocycles. The van der Waals surface area contributed by atoms with Gasteiger partial charge in [0.1, 0.15) is 0 Å². The molecule has 0 spiro atoms. The van der Waals surface area contributed by atoms with Crippen molar-refractivity contribution < 1.29 is 4.74 Å². The summed E-state index contributed by atoms with van der Waals surface area (Å²) in [6.45, 7) is 3.24. The third-order valence-corrected chi connectivity index (χ3v) is 2.09. The Kier molecular flexibility index (Phi) is 6.43. The zero-order chi connectivity index (χ0) is 8.39. The van der Waals surface area contributed by atoms with Crippen molar-refractivity contribution in [2.75, 3.05) is 31.2 Å². The second-order valence-electron chi connectivity index (χ2n) is 2.53. The second-order valence-corrected chi connectivity index (χ2v) is 3.28. The van der Waals surface area contributed by atoms with E-state index < -0.39 is 0 Å². The van der Waals surface area contributed by atoms with Gasteiger partial charge in [0.2, 0.25) is 5.95 Å². The quantitative estimate of drug-likeness (QED) is 0.848. The highest BCUT2D eigenvalue weighted by molar-refractivity contribution is 9.10. The van der Waals surface area contributed by atoms with Crippen LogP contribution in [0.3, 0.4) is 0 Å². The number of morpholine rings is 1. The molecule has 8 heteroatoms. The lowest BCUT2D eigenvalue weighted by Gasteiger charge is -2.25. The molecule has 0 aliphatic carbocycles. The molecule has 0 bridgehead atoms. The topological polar surface area (TPSA) is 54.0 Å². The van der Waals surface area contributed by atoms with Crippen LogP contribution in [-0.4, -0.2) is 41.5 Å². The van der Waals surface area contributed by atoms with Gasteiger partial charge in [0.15, 0.2) is 4.73 Å². The number of anilines is 1. The third-order valence-electron chi connectivity index (χ3n) is 1.74. The predicted molar refractivity (Wildman–Crippen MR) is 61.6 cm³/mol. The van der Waals surface area contributed by atoms with Gasteiger partial charge in [0, 0.05) is 13.1 Å². The van der Waals surface area contributed by atoms with Crippen molar-refractivity contribution in [1.82, 2.24) is 15.2 Å². The number of ether oxygens (including phenoxy) is 1.